The van der Waals surface area contributed by atoms with Gasteiger partial charge >= 0.3 is 0 Å². The highest BCUT2D eigenvalue weighted by molar-refractivity contribution is 5.96. The third-order valence-electron chi connectivity index (χ3n) is 2.45. The van der Waals surface area contributed by atoms with E-state index in [-0.39, 0.29) is 5.78 Å². The summed E-state index contributed by atoms with van der Waals surface area (Å²) in [6, 6.07) is 0. The van der Waals surface area contributed by atoms with Crippen LogP contribution in [0.3, 0.4) is 0 Å². The van der Waals surface area contributed by atoms with Crippen molar-refractivity contribution in [2.45, 2.75) is 47.1 Å². The highest BCUT2D eigenvalue weighted by atomic mass is 16.1. The van der Waals surface area contributed by atoms with Gasteiger partial charge in [0.15, 0.2) is 5.78 Å². The van der Waals surface area contributed by atoms with Crippen molar-refractivity contribution in [3.05, 3.63) is 17.0 Å². The van der Waals surface area contributed by atoms with Gasteiger partial charge in [-0.1, -0.05) is 13.8 Å². The van der Waals surface area contributed by atoms with E-state index in [0.29, 0.717) is 0 Å². The fraction of sp³-hybridized carbons (Fsp3) is 0.636. The molecule has 0 saturated carbocycles. The molecular weight excluding hydrogens is 176 g/mol. The van der Waals surface area contributed by atoms with Crippen LogP contribution in [0.5, 0.6) is 0 Å². The number of aromatic nitrogens is 2. The lowest BCUT2D eigenvalue weighted by Crippen LogP contribution is -2.04. The van der Waals surface area contributed by atoms with E-state index >= 15 is 0 Å². The summed E-state index contributed by atoms with van der Waals surface area (Å²) in [5, 5.41) is 4.44. The van der Waals surface area contributed by atoms with Gasteiger partial charge in [-0.2, -0.15) is 5.10 Å². The molecule has 0 spiro atoms. The van der Waals surface area contributed by atoms with E-state index in [4.69, 9.17) is 0 Å². The minimum absolute atomic E-state index is 0.137. The molecule has 1 rings (SSSR count). The molecule has 1 aromatic rings. The number of hydrogen-bond acceptors (Lipinski definition) is 2. The highest BCUT2D eigenvalue weighted by Gasteiger charge is 2.17. The largest absolute Gasteiger partial charge is 0.294 e. The molecule has 0 N–H and O–H groups in total. The number of nitrogens with zero attached hydrogens (tertiary/aromatic N) is 2. The second kappa shape index (κ2) is 4.40. The van der Waals surface area contributed by atoms with Crippen LogP contribution in [0.1, 0.15) is 49.4 Å². The normalized spacial score (nSPS) is 10.6. The Morgan fingerprint density at radius 1 is 1.29 bits per heavy atom. The van der Waals surface area contributed by atoms with Crippen LogP contribution < -0.4 is 0 Å². The number of carbonyl (C=O) groups is 1. The van der Waals surface area contributed by atoms with Crippen molar-refractivity contribution in [3.8, 4) is 0 Å². The third kappa shape index (κ3) is 1.72. The monoisotopic (exact) mass is 194 g/mol. The second-order valence-electron chi connectivity index (χ2n) is 3.35. The molecule has 0 amide bonds. The number of ketones is 1. The Bertz CT molecular complexity index is 339. The zero-order chi connectivity index (χ0) is 10.7. The van der Waals surface area contributed by atoms with Crippen molar-refractivity contribution in [3.63, 3.8) is 0 Å². The second-order valence-corrected chi connectivity index (χ2v) is 3.35. The number of hydrogen-bond donors (Lipinski definition) is 0. The smallest absolute Gasteiger partial charge is 0.163 e. The first-order valence-corrected chi connectivity index (χ1v) is 5.25. The van der Waals surface area contributed by atoms with Gasteiger partial charge < -0.3 is 0 Å². The number of aryl methyl sites for hydroxylation is 2. The van der Waals surface area contributed by atoms with Gasteiger partial charge in [0.25, 0.3) is 0 Å². The highest BCUT2D eigenvalue weighted by Crippen LogP contribution is 2.16. The predicted molar refractivity (Wildman–Crippen MR) is 56.7 cm³/mol. The van der Waals surface area contributed by atoms with E-state index in [2.05, 4.69) is 18.9 Å². The van der Waals surface area contributed by atoms with Crippen LogP contribution in [0, 0.1) is 0 Å². The van der Waals surface area contributed by atoms with Crippen molar-refractivity contribution < 1.29 is 4.79 Å². The average Bonchev–Trinajstić information content (AvgIpc) is 2.54. The Morgan fingerprint density at radius 2 is 1.93 bits per heavy atom. The standard InChI is InChI=1S/C11H18N2O/c1-5-9-11(8(4)14)10(6-2)13(7-3)12-9/h5-7H2,1-4H3. The molecule has 3 nitrogen and oxygen atoms in total. The zero-order valence-electron chi connectivity index (χ0n) is 9.42. The van der Waals surface area contributed by atoms with Gasteiger partial charge in [0, 0.05) is 12.2 Å². The molecule has 1 aromatic heterocycles. The first kappa shape index (κ1) is 11.0. The maximum Gasteiger partial charge on any atom is 0.163 e. The first-order valence-electron chi connectivity index (χ1n) is 5.25. The van der Waals surface area contributed by atoms with Crippen molar-refractivity contribution in [1.82, 2.24) is 9.78 Å². The van der Waals surface area contributed by atoms with Gasteiger partial charge in [0.05, 0.1) is 11.3 Å². The van der Waals surface area contributed by atoms with E-state index in [9.17, 15) is 4.79 Å². The molecule has 0 aromatic carbocycles. The van der Waals surface area contributed by atoms with Gasteiger partial charge in [-0.25, -0.2) is 0 Å². The molecule has 0 aliphatic carbocycles. The third-order valence-corrected chi connectivity index (χ3v) is 2.45. The lowest BCUT2D eigenvalue weighted by Gasteiger charge is -2.02. The summed E-state index contributed by atoms with van der Waals surface area (Å²) in [6.07, 6.45) is 1.70. The molecule has 78 valence electrons. The minimum atomic E-state index is 0.137. The van der Waals surface area contributed by atoms with Crippen LogP contribution in [-0.2, 0) is 19.4 Å². The Labute approximate surface area is 85.1 Å². The van der Waals surface area contributed by atoms with Gasteiger partial charge in [-0.15, -0.1) is 0 Å². The Balaban J connectivity index is 3.33. The quantitative estimate of drug-likeness (QED) is 0.689. The maximum atomic E-state index is 11.5. The topological polar surface area (TPSA) is 34.9 Å². The lowest BCUT2D eigenvalue weighted by molar-refractivity contribution is 0.101. The summed E-state index contributed by atoms with van der Waals surface area (Å²) in [5.41, 5.74) is 2.87. The summed E-state index contributed by atoms with van der Waals surface area (Å²) < 4.78 is 1.94. The van der Waals surface area contributed by atoms with E-state index in [0.717, 1.165) is 36.3 Å². The van der Waals surface area contributed by atoms with E-state index in [1.165, 1.54) is 0 Å². The van der Waals surface area contributed by atoms with E-state index < -0.39 is 0 Å². The lowest BCUT2D eigenvalue weighted by atomic mass is 10.1. The number of Topliss-reactive ketones (excluding diaryl/α,β-unsaturated/α-hetero) is 1. The molecule has 0 aliphatic heterocycles. The van der Waals surface area contributed by atoms with Crippen molar-refractivity contribution >= 4 is 5.78 Å². The molecule has 0 aliphatic rings. The van der Waals surface area contributed by atoms with Crippen LogP contribution in [-0.4, -0.2) is 15.6 Å². The van der Waals surface area contributed by atoms with Crippen LogP contribution in [0.2, 0.25) is 0 Å². The molecule has 0 radical (unpaired) electrons. The van der Waals surface area contributed by atoms with Gasteiger partial charge in [0.2, 0.25) is 0 Å². The van der Waals surface area contributed by atoms with Crippen LogP contribution in [0.15, 0.2) is 0 Å². The Kier molecular flexibility index (Phi) is 3.44. The van der Waals surface area contributed by atoms with Crippen LogP contribution in [0.25, 0.3) is 0 Å². The molecule has 0 fully saturated rings. The number of rotatable bonds is 4. The minimum Gasteiger partial charge on any atom is -0.294 e. The molecule has 1 heterocycles. The molecule has 0 unspecified atom stereocenters. The molecule has 0 saturated heterocycles. The zero-order valence-corrected chi connectivity index (χ0v) is 9.42. The van der Waals surface area contributed by atoms with Gasteiger partial charge in [-0.3, -0.25) is 9.48 Å². The summed E-state index contributed by atoms with van der Waals surface area (Å²) >= 11 is 0. The molecular formula is C11H18N2O. The SMILES string of the molecule is CCc1nn(CC)c(CC)c1C(C)=O. The average molecular weight is 194 g/mol. The number of carbonyl (C=O) groups excluding carboxylic acids is 1. The van der Waals surface area contributed by atoms with Crippen molar-refractivity contribution in [2.75, 3.05) is 0 Å². The summed E-state index contributed by atoms with van der Waals surface area (Å²) in [7, 11) is 0. The molecule has 0 bridgehead atoms. The van der Waals surface area contributed by atoms with Crippen molar-refractivity contribution in [2.24, 2.45) is 0 Å². The fourth-order valence-corrected chi connectivity index (χ4v) is 1.83. The summed E-state index contributed by atoms with van der Waals surface area (Å²) in [5.74, 6) is 0.137. The Morgan fingerprint density at radius 3 is 2.29 bits per heavy atom. The Hall–Kier alpha value is -1.12. The first-order chi connectivity index (χ1) is 6.65. The van der Waals surface area contributed by atoms with Crippen LogP contribution in [0.4, 0.5) is 0 Å². The fourth-order valence-electron chi connectivity index (χ4n) is 1.83. The molecule has 0 atom stereocenters. The molecule has 3 heteroatoms. The molecule has 14 heavy (non-hydrogen) atoms. The summed E-state index contributed by atoms with van der Waals surface area (Å²) in [4.78, 5) is 11.5. The van der Waals surface area contributed by atoms with Gasteiger partial charge in [0.1, 0.15) is 0 Å². The van der Waals surface area contributed by atoms with Crippen molar-refractivity contribution in [1.29, 1.82) is 0 Å². The maximum absolute atomic E-state index is 11.5. The van der Waals surface area contributed by atoms with E-state index in [1.807, 2.05) is 11.6 Å². The summed E-state index contributed by atoms with van der Waals surface area (Å²) in [6.45, 7) is 8.61. The van der Waals surface area contributed by atoms with E-state index in [1.54, 1.807) is 6.92 Å². The predicted octanol–water partition coefficient (Wildman–Crippen LogP) is 2.23. The van der Waals surface area contributed by atoms with Gasteiger partial charge in [-0.05, 0) is 26.7 Å². The van der Waals surface area contributed by atoms with Crippen LogP contribution >= 0.6 is 0 Å².